The van der Waals surface area contributed by atoms with Crippen molar-refractivity contribution in [3.05, 3.63) is 83.9 Å². The van der Waals surface area contributed by atoms with Gasteiger partial charge < -0.3 is 5.32 Å². The monoisotopic (exact) mass is 394 g/mol. The highest BCUT2D eigenvalue weighted by Crippen LogP contribution is 2.19. The van der Waals surface area contributed by atoms with E-state index in [1.165, 1.54) is 6.08 Å². The first kappa shape index (κ1) is 19.8. The van der Waals surface area contributed by atoms with Crippen LogP contribution in [0, 0.1) is 6.92 Å². The fourth-order valence-electron chi connectivity index (χ4n) is 2.79. The van der Waals surface area contributed by atoms with Gasteiger partial charge in [-0.3, -0.25) is 4.79 Å². The zero-order chi connectivity index (χ0) is 20.0. The molecule has 6 heteroatoms. The second-order valence-corrected chi connectivity index (χ2v) is 8.17. The highest BCUT2D eigenvalue weighted by molar-refractivity contribution is 7.89. The minimum atomic E-state index is -3.57. The topological polar surface area (TPSA) is 75.3 Å². The number of benzene rings is 3. The Morgan fingerprint density at radius 2 is 1.64 bits per heavy atom. The van der Waals surface area contributed by atoms with Gasteiger partial charge in [-0.2, -0.15) is 0 Å². The number of nitrogens with one attached hydrogen (secondary N) is 2. The Hall–Kier alpha value is -2.96. The van der Waals surface area contributed by atoms with Crippen LogP contribution in [0.15, 0.2) is 77.7 Å². The molecule has 28 heavy (non-hydrogen) atoms. The highest BCUT2D eigenvalue weighted by Gasteiger charge is 2.12. The fourth-order valence-corrected chi connectivity index (χ4v) is 3.82. The van der Waals surface area contributed by atoms with Crippen molar-refractivity contribution in [2.45, 2.75) is 11.8 Å². The molecule has 2 N–H and O–H groups in total. The number of amides is 1. The summed E-state index contributed by atoms with van der Waals surface area (Å²) in [6.07, 6.45) is 3.21. The maximum atomic E-state index is 12.2. The minimum Gasteiger partial charge on any atom is -0.351 e. The molecule has 0 heterocycles. The highest BCUT2D eigenvalue weighted by atomic mass is 32.2. The number of fused-ring (bicyclic) bond motifs is 1. The molecule has 0 aliphatic carbocycles. The van der Waals surface area contributed by atoms with Crippen molar-refractivity contribution in [2.24, 2.45) is 0 Å². The number of rotatable bonds is 7. The molecule has 144 valence electrons. The van der Waals surface area contributed by atoms with Gasteiger partial charge in [-0.25, -0.2) is 13.1 Å². The molecule has 0 aromatic heterocycles. The van der Waals surface area contributed by atoms with Crippen molar-refractivity contribution >= 4 is 32.8 Å². The van der Waals surface area contributed by atoms with Crippen LogP contribution in [0.3, 0.4) is 0 Å². The Morgan fingerprint density at radius 3 is 2.43 bits per heavy atom. The van der Waals surface area contributed by atoms with Crippen LogP contribution in [0.4, 0.5) is 0 Å². The van der Waals surface area contributed by atoms with Gasteiger partial charge in [-0.1, -0.05) is 60.2 Å². The molecule has 0 bridgehead atoms. The van der Waals surface area contributed by atoms with Crippen molar-refractivity contribution in [3.63, 3.8) is 0 Å². The van der Waals surface area contributed by atoms with Crippen LogP contribution < -0.4 is 10.0 Å². The first-order valence-corrected chi connectivity index (χ1v) is 10.4. The molecule has 5 nitrogen and oxygen atoms in total. The molecule has 0 saturated carbocycles. The van der Waals surface area contributed by atoms with Gasteiger partial charge in [-0.15, -0.1) is 0 Å². The maximum absolute atomic E-state index is 12.2. The maximum Gasteiger partial charge on any atom is 0.244 e. The molecule has 0 fully saturated rings. The van der Waals surface area contributed by atoms with Crippen LogP contribution >= 0.6 is 0 Å². The summed E-state index contributed by atoms with van der Waals surface area (Å²) >= 11 is 0. The molecular weight excluding hydrogens is 372 g/mol. The first-order chi connectivity index (χ1) is 13.5. The lowest BCUT2D eigenvalue weighted by molar-refractivity contribution is -0.116. The van der Waals surface area contributed by atoms with Gasteiger partial charge in [0.05, 0.1) is 4.90 Å². The predicted molar refractivity (Wildman–Crippen MR) is 112 cm³/mol. The van der Waals surface area contributed by atoms with E-state index in [0.717, 1.165) is 21.9 Å². The molecule has 0 radical (unpaired) electrons. The van der Waals surface area contributed by atoms with Gasteiger partial charge in [0.1, 0.15) is 0 Å². The lowest BCUT2D eigenvalue weighted by Crippen LogP contribution is -2.34. The average molecular weight is 394 g/mol. The van der Waals surface area contributed by atoms with Crippen LogP contribution in [0.5, 0.6) is 0 Å². The van der Waals surface area contributed by atoms with Crippen LogP contribution in [0.25, 0.3) is 16.8 Å². The van der Waals surface area contributed by atoms with Crippen LogP contribution in [0.2, 0.25) is 0 Å². The van der Waals surface area contributed by atoms with Crippen molar-refractivity contribution in [3.8, 4) is 0 Å². The molecule has 1 amide bonds. The Bertz CT molecular complexity index is 1100. The van der Waals surface area contributed by atoms with E-state index in [1.54, 1.807) is 30.3 Å². The van der Waals surface area contributed by atoms with Crippen molar-refractivity contribution < 1.29 is 13.2 Å². The van der Waals surface area contributed by atoms with E-state index in [2.05, 4.69) is 10.0 Å². The van der Waals surface area contributed by atoms with E-state index in [4.69, 9.17) is 0 Å². The van der Waals surface area contributed by atoms with Gasteiger partial charge >= 0.3 is 0 Å². The molecule has 0 atom stereocenters. The molecule has 3 aromatic carbocycles. The second-order valence-electron chi connectivity index (χ2n) is 6.40. The summed E-state index contributed by atoms with van der Waals surface area (Å²) in [5.41, 5.74) is 1.94. The van der Waals surface area contributed by atoms with Crippen LogP contribution in [-0.4, -0.2) is 27.4 Å². The fraction of sp³-hybridized carbons (Fsp3) is 0.136. The Morgan fingerprint density at radius 1 is 0.929 bits per heavy atom. The smallest absolute Gasteiger partial charge is 0.244 e. The Kier molecular flexibility index (Phi) is 6.23. The van der Waals surface area contributed by atoms with Gasteiger partial charge in [0.25, 0.3) is 0 Å². The van der Waals surface area contributed by atoms with Gasteiger partial charge in [0.2, 0.25) is 15.9 Å². The number of carbonyl (C=O) groups excluding carboxylic acids is 1. The third kappa shape index (κ3) is 5.06. The SMILES string of the molecule is Cc1ccc(S(=O)(=O)NCCNC(=O)/C=C/c2cccc3ccccc23)cc1. The zero-order valence-electron chi connectivity index (χ0n) is 15.6. The predicted octanol–water partition coefficient (Wildman–Crippen LogP) is 3.26. The van der Waals surface area contributed by atoms with Crippen molar-refractivity contribution in [1.82, 2.24) is 10.0 Å². The molecule has 0 unspecified atom stereocenters. The van der Waals surface area contributed by atoms with Crippen LogP contribution in [-0.2, 0) is 14.8 Å². The van der Waals surface area contributed by atoms with E-state index in [0.29, 0.717) is 0 Å². The molecule has 0 saturated heterocycles. The molecular formula is C22H22N2O3S. The summed E-state index contributed by atoms with van der Waals surface area (Å²) in [6, 6.07) is 20.5. The summed E-state index contributed by atoms with van der Waals surface area (Å²) in [5, 5.41) is 4.86. The molecule has 0 aliphatic rings. The molecule has 0 spiro atoms. The number of hydrogen-bond acceptors (Lipinski definition) is 3. The average Bonchev–Trinajstić information content (AvgIpc) is 2.70. The lowest BCUT2D eigenvalue weighted by Gasteiger charge is -2.07. The number of carbonyl (C=O) groups is 1. The summed E-state index contributed by atoms with van der Waals surface area (Å²) in [5.74, 6) is -0.275. The Labute approximate surface area is 165 Å². The zero-order valence-corrected chi connectivity index (χ0v) is 16.4. The van der Waals surface area contributed by atoms with Gasteiger partial charge in [0.15, 0.2) is 0 Å². The van der Waals surface area contributed by atoms with E-state index >= 15 is 0 Å². The quantitative estimate of drug-likeness (QED) is 0.477. The summed E-state index contributed by atoms with van der Waals surface area (Å²) in [6.45, 7) is 2.21. The van der Waals surface area contributed by atoms with E-state index < -0.39 is 10.0 Å². The third-order valence-corrected chi connectivity index (χ3v) is 5.76. The van der Waals surface area contributed by atoms with Gasteiger partial charge in [0, 0.05) is 19.2 Å². The van der Waals surface area contributed by atoms with E-state index in [-0.39, 0.29) is 23.9 Å². The van der Waals surface area contributed by atoms with Gasteiger partial charge in [-0.05, 0) is 41.5 Å². The standard InChI is InChI=1S/C22H22N2O3S/c1-17-9-12-20(13-10-17)28(26,27)24-16-15-23-22(25)14-11-19-7-4-6-18-5-2-3-8-21(18)19/h2-14,24H,15-16H2,1H3,(H,23,25)/b14-11+. The minimum absolute atomic E-state index is 0.115. The third-order valence-electron chi connectivity index (χ3n) is 4.29. The van der Waals surface area contributed by atoms with E-state index in [1.807, 2.05) is 49.4 Å². The summed E-state index contributed by atoms with van der Waals surface area (Å²) < 4.78 is 26.9. The first-order valence-electron chi connectivity index (χ1n) is 8.96. The number of sulfonamides is 1. The van der Waals surface area contributed by atoms with E-state index in [9.17, 15) is 13.2 Å². The molecule has 3 aromatic rings. The summed E-state index contributed by atoms with van der Waals surface area (Å²) in [7, 11) is -3.57. The number of aryl methyl sites for hydroxylation is 1. The lowest BCUT2D eigenvalue weighted by atomic mass is 10.0. The summed E-state index contributed by atoms with van der Waals surface area (Å²) in [4.78, 5) is 12.2. The van der Waals surface area contributed by atoms with Crippen LogP contribution in [0.1, 0.15) is 11.1 Å². The van der Waals surface area contributed by atoms with Crippen molar-refractivity contribution in [1.29, 1.82) is 0 Å². The van der Waals surface area contributed by atoms with Crippen molar-refractivity contribution in [2.75, 3.05) is 13.1 Å². The molecule has 0 aliphatic heterocycles. The number of hydrogen-bond donors (Lipinski definition) is 2. The second kappa shape index (κ2) is 8.82. The normalized spacial score (nSPS) is 11.8. The molecule has 3 rings (SSSR count). The Balaban J connectivity index is 1.52. The largest absolute Gasteiger partial charge is 0.351 e.